The summed E-state index contributed by atoms with van der Waals surface area (Å²) < 4.78 is 27.5. The van der Waals surface area contributed by atoms with Gasteiger partial charge in [-0.3, -0.25) is 4.79 Å². The number of ether oxygens (including phenoxy) is 5. The second kappa shape index (κ2) is 13.7. The van der Waals surface area contributed by atoms with E-state index >= 15 is 0 Å². The van der Waals surface area contributed by atoms with E-state index in [9.17, 15) is 9.59 Å². The molecule has 0 bridgehead atoms. The predicted molar refractivity (Wildman–Crippen MR) is 144 cm³/mol. The molecule has 0 spiro atoms. The molecule has 3 aromatic rings. The summed E-state index contributed by atoms with van der Waals surface area (Å²) in [5, 5.41) is 6.79. The van der Waals surface area contributed by atoms with Crippen LogP contribution in [0.3, 0.4) is 0 Å². The van der Waals surface area contributed by atoms with Gasteiger partial charge in [-0.25, -0.2) is 10.2 Å². The van der Waals surface area contributed by atoms with Crippen LogP contribution in [0.1, 0.15) is 43.0 Å². The van der Waals surface area contributed by atoms with Crippen LogP contribution >= 0.6 is 0 Å². The molecule has 39 heavy (non-hydrogen) atoms. The first kappa shape index (κ1) is 27.3. The molecule has 1 aliphatic heterocycles. The van der Waals surface area contributed by atoms with E-state index < -0.39 is 12.1 Å². The van der Waals surface area contributed by atoms with E-state index in [4.69, 9.17) is 23.7 Å². The fraction of sp³-hybridized carbons (Fsp3) is 0.276. The Balaban J connectivity index is 1.35. The number of carbonyl (C=O) groups is 2. The molecule has 3 aromatic carbocycles. The van der Waals surface area contributed by atoms with Crippen molar-refractivity contribution in [1.29, 1.82) is 0 Å². The van der Waals surface area contributed by atoms with E-state index in [0.717, 1.165) is 16.9 Å². The largest absolute Gasteiger partial charge is 0.490 e. The smallest absolute Gasteiger partial charge is 0.407 e. The zero-order valence-corrected chi connectivity index (χ0v) is 21.8. The van der Waals surface area contributed by atoms with E-state index in [1.807, 2.05) is 61.5 Å². The van der Waals surface area contributed by atoms with Crippen LogP contribution in [0.15, 0.2) is 71.8 Å². The lowest BCUT2D eigenvalue weighted by Gasteiger charge is -2.18. The van der Waals surface area contributed by atoms with E-state index in [-0.39, 0.29) is 25.7 Å². The third-order valence-electron chi connectivity index (χ3n) is 5.66. The molecule has 2 N–H and O–H groups in total. The maximum Gasteiger partial charge on any atom is 0.407 e. The minimum absolute atomic E-state index is 0.0169. The number of hydrazone groups is 1. The average Bonchev–Trinajstić information content (AvgIpc) is 3.41. The fourth-order valence-electron chi connectivity index (χ4n) is 3.85. The summed E-state index contributed by atoms with van der Waals surface area (Å²) in [7, 11) is 0. The number of alkyl carbamates (subject to hydrolysis) is 1. The summed E-state index contributed by atoms with van der Waals surface area (Å²) in [6.07, 6.45) is 0.905. The third kappa shape index (κ3) is 7.88. The standard InChI is InChI=1S/C29H31N3O7/c1-3-35-26-14-20(10-12-24(26)37-18-21-11-13-25-27(15-21)39-19-38-25)17-30-32-28(33)16-23(31-29(34)36-4-2)22-8-6-5-7-9-22/h5-15,17,23H,3-4,16,18-19H2,1-2H3,(H,31,34)(H,32,33)/b30-17-/t23-/m0/s1. The highest BCUT2D eigenvalue weighted by atomic mass is 16.7. The van der Waals surface area contributed by atoms with Crippen LogP contribution in [0.5, 0.6) is 23.0 Å². The molecule has 0 saturated carbocycles. The van der Waals surface area contributed by atoms with E-state index in [2.05, 4.69) is 15.8 Å². The van der Waals surface area contributed by atoms with Crippen molar-refractivity contribution in [3.8, 4) is 23.0 Å². The summed E-state index contributed by atoms with van der Waals surface area (Å²) in [4.78, 5) is 24.6. The van der Waals surface area contributed by atoms with E-state index in [1.165, 1.54) is 6.21 Å². The van der Waals surface area contributed by atoms with Gasteiger partial charge in [0, 0.05) is 0 Å². The Morgan fingerprint density at radius 3 is 2.56 bits per heavy atom. The van der Waals surface area contributed by atoms with Gasteiger partial charge in [0.25, 0.3) is 0 Å². The molecule has 204 valence electrons. The topological polar surface area (TPSA) is 117 Å². The van der Waals surface area contributed by atoms with Crippen LogP contribution in [-0.4, -0.2) is 38.2 Å². The van der Waals surface area contributed by atoms with Crippen molar-refractivity contribution in [2.75, 3.05) is 20.0 Å². The highest BCUT2D eigenvalue weighted by Crippen LogP contribution is 2.34. The molecule has 0 unspecified atom stereocenters. The lowest BCUT2D eigenvalue weighted by Crippen LogP contribution is -2.33. The second-order valence-corrected chi connectivity index (χ2v) is 8.44. The molecule has 4 rings (SSSR count). The monoisotopic (exact) mass is 533 g/mol. The zero-order valence-electron chi connectivity index (χ0n) is 21.8. The number of hydrogen-bond acceptors (Lipinski definition) is 8. The summed E-state index contributed by atoms with van der Waals surface area (Å²) >= 11 is 0. The molecular formula is C29H31N3O7. The Bertz CT molecular complexity index is 1300. The Morgan fingerprint density at radius 1 is 0.949 bits per heavy atom. The molecule has 10 heteroatoms. The van der Waals surface area contributed by atoms with Gasteiger partial charge in [0.1, 0.15) is 6.61 Å². The lowest BCUT2D eigenvalue weighted by molar-refractivity contribution is -0.121. The van der Waals surface area contributed by atoms with Crippen LogP contribution in [0.25, 0.3) is 0 Å². The summed E-state index contributed by atoms with van der Waals surface area (Å²) in [6, 6.07) is 19.7. The van der Waals surface area contributed by atoms with Gasteiger partial charge in [-0.1, -0.05) is 36.4 Å². The number of fused-ring (bicyclic) bond motifs is 1. The predicted octanol–water partition coefficient (Wildman–Crippen LogP) is 4.72. The number of rotatable bonds is 12. The number of hydrogen-bond donors (Lipinski definition) is 2. The van der Waals surface area contributed by atoms with Crippen LogP contribution < -0.4 is 29.7 Å². The van der Waals surface area contributed by atoms with Crippen molar-refractivity contribution in [2.24, 2.45) is 5.10 Å². The normalized spacial score (nSPS) is 12.6. The Kier molecular flexibility index (Phi) is 9.60. The second-order valence-electron chi connectivity index (χ2n) is 8.44. The van der Waals surface area contributed by atoms with Gasteiger partial charge in [0.15, 0.2) is 23.0 Å². The SMILES string of the molecule is CCOC(=O)N[C@@H](CC(=O)N/N=C\c1ccc(OCc2ccc3c(c2)OCO3)c(OCC)c1)c1ccccc1. The zero-order chi connectivity index (χ0) is 27.5. The van der Waals surface area contributed by atoms with Crippen LogP contribution in [-0.2, 0) is 16.1 Å². The van der Waals surface area contributed by atoms with Gasteiger partial charge in [0.2, 0.25) is 12.7 Å². The molecule has 1 heterocycles. The Labute approximate surface area is 226 Å². The van der Waals surface area contributed by atoms with Gasteiger partial charge in [-0.15, -0.1) is 0 Å². The average molecular weight is 534 g/mol. The molecule has 10 nitrogen and oxygen atoms in total. The Hall–Kier alpha value is -4.73. The van der Waals surface area contributed by atoms with Gasteiger partial charge < -0.3 is 29.0 Å². The van der Waals surface area contributed by atoms with E-state index in [1.54, 1.807) is 19.1 Å². The molecule has 0 aromatic heterocycles. The molecule has 2 amide bonds. The van der Waals surface area contributed by atoms with Gasteiger partial charge in [-0.2, -0.15) is 5.10 Å². The lowest BCUT2D eigenvalue weighted by atomic mass is 10.0. The van der Waals surface area contributed by atoms with Crippen molar-refractivity contribution in [2.45, 2.75) is 32.9 Å². The highest BCUT2D eigenvalue weighted by Gasteiger charge is 2.19. The summed E-state index contributed by atoms with van der Waals surface area (Å²) in [5.41, 5.74) is 4.93. The number of carbonyl (C=O) groups excluding carboxylic acids is 2. The third-order valence-corrected chi connectivity index (χ3v) is 5.66. The van der Waals surface area contributed by atoms with Gasteiger partial charge in [0.05, 0.1) is 31.9 Å². The number of amides is 2. The minimum Gasteiger partial charge on any atom is -0.490 e. The van der Waals surface area contributed by atoms with E-state index in [0.29, 0.717) is 36.0 Å². The minimum atomic E-state index is -0.591. The van der Waals surface area contributed by atoms with Crippen LogP contribution in [0.4, 0.5) is 4.79 Å². The van der Waals surface area contributed by atoms with Crippen LogP contribution in [0.2, 0.25) is 0 Å². The molecule has 1 atom stereocenters. The van der Waals surface area contributed by atoms with Crippen molar-refractivity contribution in [1.82, 2.24) is 10.7 Å². The molecule has 0 radical (unpaired) electrons. The van der Waals surface area contributed by atoms with Crippen molar-refractivity contribution < 1.29 is 33.3 Å². The van der Waals surface area contributed by atoms with Gasteiger partial charge in [-0.05, 0) is 60.9 Å². The fourth-order valence-corrected chi connectivity index (χ4v) is 3.85. The molecule has 0 aliphatic carbocycles. The first-order valence-electron chi connectivity index (χ1n) is 12.6. The summed E-state index contributed by atoms with van der Waals surface area (Å²) in [5.74, 6) is 2.17. The molecule has 0 saturated heterocycles. The quantitative estimate of drug-likeness (QED) is 0.256. The van der Waals surface area contributed by atoms with Crippen molar-refractivity contribution >= 4 is 18.2 Å². The molecular weight excluding hydrogens is 502 g/mol. The number of nitrogens with zero attached hydrogens (tertiary/aromatic N) is 1. The molecule has 0 fully saturated rings. The first-order chi connectivity index (χ1) is 19.1. The maximum atomic E-state index is 12.6. The molecule has 1 aliphatic rings. The van der Waals surface area contributed by atoms with Crippen LogP contribution in [0, 0.1) is 0 Å². The Morgan fingerprint density at radius 2 is 1.77 bits per heavy atom. The van der Waals surface area contributed by atoms with Crippen molar-refractivity contribution in [3.63, 3.8) is 0 Å². The maximum absolute atomic E-state index is 12.6. The van der Waals surface area contributed by atoms with Gasteiger partial charge >= 0.3 is 6.09 Å². The first-order valence-corrected chi connectivity index (χ1v) is 12.6. The number of benzene rings is 3. The number of nitrogens with one attached hydrogen (secondary N) is 2. The highest BCUT2D eigenvalue weighted by molar-refractivity contribution is 5.83. The van der Waals surface area contributed by atoms with Crippen molar-refractivity contribution in [3.05, 3.63) is 83.4 Å². The summed E-state index contributed by atoms with van der Waals surface area (Å²) in [6.45, 7) is 4.82.